The zero-order valence-corrected chi connectivity index (χ0v) is 18.2. The van der Waals surface area contributed by atoms with Gasteiger partial charge in [0.1, 0.15) is 5.82 Å². The number of hydrogen-bond acceptors (Lipinski definition) is 7. The van der Waals surface area contributed by atoms with Gasteiger partial charge in [-0.2, -0.15) is 4.98 Å². The van der Waals surface area contributed by atoms with E-state index in [0.29, 0.717) is 35.6 Å². The first kappa shape index (κ1) is 20.7. The lowest BCUT2D eigenvalue weighted by Crippen LogP contribution is -2.05. The molecule has 0 spiro atoms. The molecule has 4 rings (SSSR count). The van der Waals surface area contributed by atoms with Crippen molar-refractivity contribution in [2.24, 2.45) is 0 Å². The van der Waals surface area contributed by atoms with Crippen LogP contribution >= 0.6 is 0 Å². The van der Waals surface area contributed by atoms with Gasteiger partial charge in [0.2, 0.25) is 11.7 Å². The Balaban J connectivity index is 1.71. The van der Waals surface area contributed by atoms with Crippen molar-refractivity contribution in [3.05, 3.63) is 59.5 Å². The minimum absolute atomic E-state index is 0.536. The standard InChI is InChI=1S/C24H26N4O3/c1-5-7-21-26-24(28-31-21)18-13-17-9-6-8-15(2)22(17)27-23(18)25-14-16-10-11-19(29-3)20(12-16)30-4/h6,8-13H,5,7,14H2,1-4H3,(H,25,27). The maximum atomic E-state index is 5.42. The molecule has 2 heterocycles. The zero-order valence-electron chi connectivity index (χ0n) is 18.2. The number of benzene rings is 2. The zero-order chi connectivity index (χ0) is 21.8. The number of nitrogens with zero attached hydrogens (tertiary/aromatic N) is 3. The Morgan fingerprint density at radius 1 is 1.00 bits per heavy atom. The molecule has 1 N–H and O–H groups in total. The Kier molecular flexibility index (Phi) is 6.02. The summed E-state index contributed by atoms with van der Waals surface area (Å²) in [5.41, 5.74) is 3.90. The van der Waals surface area contributed by atoms with Crippen LogP contribution in [-0.4, -0.2) is 29.3 Å². The molecule has 0 fully saturated rings. The van der Waals surface area contributed by atoms with E-state index in [1.807, 2.05) is 30.3 Å². The van der Waals surface area contributed by atoms with E-state index in [9.17, 15) is 0 Å². The van der Waals surface area contributed by atoms with Crippen molar-refractivity contribution in [2.45, 2.75) is 33.2 Å². The van der Waals surface area contributed by atoms with Gasteiger partial charge in [-0.1, -0.05) is 36.3 Å². The van der Waals surface area contributed by atoms with E-state index >= 15 is 0 Å². The van der Waals surface area contributed by atoms with Crippen LogP contribution in [0.5, 0.6) is 11.5 Å². The molecule has 2 aromatic heterocycles. The number of aryl methyl sites for hydroxylation is 2. The van der Waals surface area contributed by atoms with Gasteiger partial charge in [0.15, 0.2) is 11.5 Å². The lowest BCUT2D eigenvalue weighted by atomic mass is 10.1. The molecular formula is C24H26N4O3. The first-order valence-corrected chi connectivity index (χ1v) is 10.3. The second kappa shape index (κ2) is 9.04. The summed E-state index contributed by atoms with van der Waals surface area (Å²) >= 11 is 0. The van der Waals surface area contributed by atoms with Gasteiger partial charge in [0.05, 0.1) is 25.3 Å². The number of fused-ring (bicyclic) bond motifs is 1. The Morgan fingerprint density at radius 2 is 1.84 bits per heavy atom. The number of ether oxygens (including phenoxy) is 2. The van der Waals surface area contributed by atoms with Crippen molar-refractivity contribution in [2.75, 3.05) is 19.5 Å². The van der Waals surface area contributed by atoms with Gasteiger partial charge in [0.25, 0.3) is 0 Å². The first-order valence-electron chi connectivity index (χ1n) is 10.3. The van der Waals surface area contributed by atoms with Crippen LogP contribution in [-0.2, 0) is 13.0 Å². The molecule has 0 unspecified atom stereocenters. The van der Waals surface area contributed by atoms with Crippen LogP contribution in [0.3, 0.4) is 0 Å². The smallest absolute Gasteiger partial charge is 0.226 e. The summed E-state index contributed by atoms with van der Waals surface area (Å²) in [5, 5.41) is 8.68. The maximum Gasteiger partial charge on any atom is 0.226 e. The van der Waals surface area contributed by atoms with Gasteiger partial charge in [0, 0.05) is 18.4 Å². The molecule has 160 valence electrons. The number of para-hydroxylation sites is 1. The van der Waals surface area contributed by atoms with E-state index < -0.39 is 0 Å². The Bertz CT molecular complexity index is 1200. The van der Waals surface area contributed by atoms with Crippen molar-refractivity contribution in [1.82, 2.24) is 15.1 Å². The number of pyridine rings is 1. The van der Waals surface area contributed by atoms with Crippen LogP contribution in [0.25, 0.3) is 22.3 Å². The van der Waals surface area contributed by atoms with E-state index in [1.165, 1.54) is 0 Å². The van der Waals surface area contributed by atoms with E-state index in [1.54, 1.807) is 14.2 Å². The highest BCUT2D eigenvalue weighted by atomic mass is 16.5. The quantitative estimate of drug-likeness (QED) is 0.422. The highest BCUT2D eigenvalue weighted by Crippen LogP contribution is 2.31. The normalized spacial score (nSPS) is 11.0. The molecule has 0 atom stereocenters. The van der Waals surface area contributed by atoms with Gasteiger partial charge in [-0.25, -0.2) is 4.98 Å². The number of hydrogen-bond donors (Lipinski definition) is 1. The molecule has 7 nitrogen and oxygen atoms in total. The predicted octanol–water partition coefficient (Wildman–Crippen LogP) is 5.18. The molecule has 0 saturated heterocycles. The second-order valence-corrected chi connectivity index (χ2v) is 7.34. The third-order valence-electron chi connectivity index (χ3n) is 5.13. The largest absolute Gasteiger partial charge is 0.493 e. The van der Waals surface area contributed by atoms with E-state index in [4.69, 9.17) is 19.0 Å². The summed E-state index contributed by atoms with van der Waals surface area (Å²) in [6.07, 6.45) is 1.70. The molecule has 7 heteroatoms. The number of nitrogens with one attached hydrogen (secondary N) is 1. The van der Waals surface area contributed by atoms with Crippen LogP contribution in [0.1, 0.15) is 30.4 Å². The summed E-state index contributed by atoms with van der Waals surface area (Å²) in [6.45, 7) is 4.69. The Morgan fingerprint density at radius 3 is 2.61 bits per heavy atom. The molecule has 31 heavy (non-hydrogen) atoms. The van der Waals surface area contributed by atoms with Crippen molar-refractivity contribution in [3.8, 4) is 22.9 Å². The minimum Gasteiger partial charge on any atom is -0.493 e. The number of methoxy groups -OCH3 is 2. The molecule has 0 aliphatic rings. The topological polar surface area (TPSA) is 82.3 Å². The van der Waals surface area contributed by atoms with Gasteiger partial charge < -0.3 is 19.3 Å². The van der Waals surface area contributed by atoms with E-state index in [0.717, 1.165) is 40.4 Å². The molecule has 4 aromatic rings. The fourth-order valence-corrected chi connectivity index (χ4v) is 3.51. The highest BCUT2D eigenvalue weighted by Gasteiger charge is 2.16. The van der Waals surface area contributed by atoms with Crippen LogP contribution in [0.2, 0.25) is 0 Å². The highest BCUT2D eigenvalue weighted by molar-refractivity contribution is 5.89. The van der Waals surface area contributed by atoms with Crippen molar-refractivity contribution in [1.29, 1.82) is 0 Å². The summed E-state index contributed by atoms with van der Waals surface area (Å²) in [6, 6.07) is 14.0. The van der Waals surface area contributed by atoms with Crippen molar-refractivity contribution >= 4 is 16.7 Å². The summed E-state index contributed by atoms with van der Waals surface area (Å²) in [7, 11) is 3.26. The first-order chi connectivity index (χ1) is 15.1. The molecule has 0 bridgehead atoms. The molecule has 2 aromatic carbocycles. The van der Waals surface area contributed by atoms with Gasteiger partial charge >= 0.3 is 0 Å². The third kappa shape index (κ3) is 4.30. The third-order valence-corrected chi connectivity index (χ3v) is 5.13. The summed E-state index contributed by atoms with van der Waals surface area (Å²) in [4.78, 5) is 9.48. The van der Waals surface area contributed by atoms with Gasteiger partial charge in [-0.15, -0.1) is 0 Å². The fourth-order valence-electron chi connectivity index (χ4n) is 3.51. The lowest BCUT2D eigenvalue weighted by molar-refractivity contribution is 0.354. The number of aromatic nitrogens is 3. The second-order valence-electron chi connectivity index (χ2n) is 7.34. The SMILES string of the molecule is CCCc1nc(-c2cc3cccc(C)c3nc2NCc2ccc(OC)c(OC)c2)no1. The molecule has 0 aliphatic carbocycles. The van der Waals surface area contributed by atoms with Gasteiger partial charge in [-0.05, 0) is 42.7 Å². The number of rotatable bonds is 8. The minimum atomic E-state index is 0.536. The maximum absolute atomic E-state index is 5.42. The monoisotopic (exact) mass is 418 g/mol. The van der Waals surface area contributed by atoms with Crippen LogP contribution < -0.4 is 14.8 Å². The van der Waals surface area contributed by atoms with E-state index in [2.05, 4.69) is 41.4 Å². The predicted molar refractivity (Wildman–Crippen MR) is 121 cm³/mol. The molecule has 0 aliphatic heterocycles. The van der Waals surface area contributed by atoms with Crippen molar-refractivity contribution in [3.63, 3.8) is 0 Å². The average molecular weight is 418 g/mol. The van der Waals surface area contributed by atoms with Crippen LogP contribution in [0.4, 0.5) is 5.82 Å². The Labute approximate surface area is 181 Å². The van der Waals surface area contributed by atoms with E-state index in [-0.39, 0.29) is 0 Å². The molecule has 0 saturated carbocycles. The molecule has 0 amide bonds. The lowest BCUT2D eigenvalue weighted by Gasteiger charge is -2.13. The molecule has 0 radical (unpaired) electrons. The Hall–Kier alpha value is -3.61. The summed E-state index contributed by atoms with van der Waals surface area (Å²) in [5.74, 6) is 3.26. The van der Waals surface area contributed by atoms with Gasteiger partial charge in [-0.3, -0.25) is 0 Å². The van der Waals surface area contributed by atoms with Crippen molar-refractivity contribution < 1.29 is 14.0 Å². The van der Waals surface area contributed by atoms with Crippen LogP contribution in [0.15, 0.2) is 47.0 Å². The number of anilines is 1. The van der Waals surface area contributed by atoms with Crippen LogP contribution in [0, 0.1) is 6.92 Å². The average Bonchev–Trinajstić information content (AvgIpc) is 3.26. The fraction of sp³-hybridized carbons (Fsp3) is 0.292. The molecular weight excluding hydrogens is 392 g/mol. The summed E-state index contributed by atoms with van der Waals surface area (Å²) < 4.78 is 16.2.